The van der Waals surface area contributed by atoms with Crippen LogP contribution in [-0.4, -0.2) is 15.8 Å². The summed E-state index contributed by atoms with van der Waals surface area (Å²) in [4.78, 5) is 26.9. The Morgan fingerprint density at radius 2 is 1.69 bits per heavy atom. The molecule has 142 valence electrons. The number of benzene rings is 3. The molecule has 0 atom stereocenters. The maximum atomic E-state index is 12.4. The number of nitro groups is 1. The van der Waals surface area contributed by atoms with Crippen LogP contribution in [0, 0.1) is 10.1 Å². The van der Waals surface area contributed by atoms with Gasteiger partial charge in [-0.25, -0.2) is 0 Å². The number of pyridine rings is 1. The molecule has 0 unspecified atom stereocenters. The minimum absolute atomic E-state index is 0.0462. The molecule has 0 spiro atoms. The number of nitro benzene ring substituents is 1. The largest absolute Gasteiger partial charge is 0.348 e. The Bertz CT molecular complexity index is 1190. The predicted molar refractivity (Wildman–Crippen MR) is 111 cm³/mol. The molecular formula is C23H17N3O3. The van der Waals surface area contributed by atoms with Gasteiger partial charge in [-0.2, -0.15) is 0 Å². The van der Waals surface area contributed by atoms with Gasteiger partial charge in [0, 0.05) is 42.0 Å². The smallest absolute Gasteiger partial charge is 0.269 e. The van der Waals surface area contributed by atoms with Crippen LogP contribution in [0.4, 0.5) is 5.69 Å². The molecular weight excluding hydrogens is 366 g/mol. The molecule has 4 rings (SSSR count). The maximum Gasteiger partial charge on any atom is 0.269 e. The lowest BCUT2D eigenvalue weighted by Gasteiger charge is -2.12. The monoisotopic (exact) mass is 383 g/mol. The van der Waals surface area contributed by atoms with Crippen molar-refractivity contribution >= 4 is 22.4 Å². The molecule has 1 amide bonds. The molecule has 0 aliphatic rings. The molecule has 3 aromatic carbocycles. The molecule has 0 saturated heterocycles. The summed E-state index contributed by atoms with van der Waals surface area (Å²) in [6.45, 7) is 0.326. The van der Waals surface area contributed by atoms with Gasteiger partial charge < -0.3 is 5.32 Å². The molecule has 1 N–H and O–H groups in total. The van der Waals surface area contributed by atoms with Crippen LogP contribution in [0.25, 0.3) is 21.9 Å². The fraction of sp³-hybridized carbons (Fsp3) is 0.0435. The highest BCUT2D eigenvalue weighted by atomic mass is 16.6. The number of nitrogens with zero attached hydrogens (tertiary/aromatic N) is 2. The van der Waals surface area contributed by atoms with Crippen LogP contribution in [0.3, 0.4) is 0 Å². The second-order valence-corrected chi connectivity index (χ2v) is 6.55. The Kier molecular flexibility index (Phi) is 4.99. The van der Waals surface area contributed by atoms with Crippen molar-refractivity contribution in [1.82, 2.24) is 10.3 Å². The number of hydrogen-bond donors (Lipinski definition) is 1. The van der Waals surface area contributed by atoms with Crippen molar-refractivity contribution in [1.29, 1.82) is 0 Å². The van der Waals surface area contributed by atoms with Gasteiger partial charge in [0.2, 0.25) is 0 Å². The molecule has 0 aliphatic carbocycles. The SMILES string of the molecule is O=C(NCc1ccc(-c2ccccc2)c2ccncc12)c1ccc([N+](=O)[O-])cc1. The van der Waals surface area contributed by atoms with Crippen molar-refractivity contribution in [3.8, 4) is 11.1 Å². The molecule has 1 heterocycles. The Hall–Kier alpha value is -4.06. The van der Waals surface area contributed by atoms with Crippen molar-refractivity contribution < 1.29 is 9.72 Å². The van der Waals surface area contributed by atoms with Gasteiger partial charge in [-0.15, -0.1) is 0 Å². The highest BCUT2D eigenvalue weighted by molar-refractivity contribution is 5.99. The van der Waals surface area contributed by atoms with E-state index in [2.05, 4.69) is 22.4 Å². The fourth-order valence-electron chi connectivity index (χ4n) is 3.28. The van der Waals surface area contributed by atoms with E-state index in [1.807, 2.05) is 36.4 Å². The van der Waals surface area contributed by atoms with Crippen LogP contribution < -0.4 is 5.32 Å². The molecule has 29 heavy (non-hydrogen) atoms. The van der Waals surface area contributed by atoms with Gasteiger partial charge >= 0.3 is 0 Å². The first kappa shape index (κ1) is 18.3. The van der Waals surface area contributed by atoms with Gasteiger partial charge in [-0.1, -0.05) is 42.5 Å². The number of aromatic nitrogens is 1. The zero-order valence-corrected chi connectivity index (χ0v) is 15.4. The molecule has 4 aromatic rings. The number of fused-ring (bicyclic) bond motifs is 1. The summed E-state index contributed by atoms with van der Waals surface area (Å²) in [5.74, 6) is -0.288. The fourth-order valence-corrected chi connectivity index (χ4v) is 3.28. The van der Waals surface area contributed by atoms with E-state index in [-0.39, 0.29) is 11.6 Å². The van der Waals surface area contributed by atoms with Crippen LogP contribution in [0.15, 0.2) is 85.2 Å². The summed E-state index contributed by atoms with van der Waals surface area (Å²) in [5, 5.41) is 15.7. The van der Waals surface area contributed by atoms with E-state index in [0.717, 1.165) is 27.5 Å². The number of hydrogen-bond acceptors (Lipinski definition) is 4. The maximum absolute atomic E-state index is 12.4. The Balaban J connectivity index is 1.59. The Morgan fingerprint density at radius 3 is 2.41 bits per heavy atom. The number of carbonyl (C=O) groups is 1. The summed E-state index contributed by atoms with van der Waals surface area (Å²) in [6.07, 6.45) is 3.56. The van der Waals surface area contributed by atoms with Crippen LogP contribution in [0.1, 0.15) is 15.9 Å². The number of nitrogens with one attached hydrogen (secondary N) is 1. The highest BCUT2D eigenvalue weighted by Gasteiger charge is 2.11. The third kappa shape index (κ3) is 3.82. The van der Waals surface area contributed by atoms with E-state index >= 15 is 0 Å². The molecule has 0 bridgehead atoms. The summed E-state index contributed by atoms with van der Waals surface area (Å²) >= 11 is 0. The van der Waals surface area contributed by atoms with E-state index in [1.54, 1.807) is 12.4 Å². The summed E-state index contributed by atoms with van der Waals surface area (Å²) < 4.78 is 0. The van der Waals surface area contributed by atoms with E-state index in [0.29, 0.717) is 12.1 Å². The zero-order chi connectivity index (χ0) is 20.2. The summed E-state index contributed by atoms with van der Waals surface area (Å²) in [7, 11) is 0. The van der Waals surface area contributed by atoms with Crippen molar-refractivity contribution in [2.45, 2.75) is 6.54 Å². The highest BCUT2D eigenvalue weighted by Crippen LogP contribution is 2.30. The van der Waals surface area contributed by atoms with Gasteiger partial charge in [-0.05, 0) is 40.3 Å². The number of amides is 1. The first-order chi connectivity index (χ1) is 14.1. The average Bonchev–Trinajstić information content (AvgIpc) is 2.78. The van der Waals surface area contributed by atoms with Crippen molar-refractivity contribution in [3.63, 3.8) is 0 Å². The van der Waals surface area contributed by atoms with Crippen LogP contribution in [-0.2, 0) is 6.54 Å². The minimum Gasteiger partial charge on any atom is -0.348 e. The quantitative estimate of drug-likeness (QED) is 0.398. The molecule has 6 heteroatoms. The van der Waals surface area contributed by atoms with Crippen molar-refractivity contribution in [2.24, 2.45) is 0 Å². The van der Waals surface area contributed by atoms with Gasteiger partial charge in [-0.3, -0.25) is 19.9 Å². The lowest BCUT2D eigenvalue weighted by atomic mass is 9.96. The average molecular weight is 383 g/mol. The number of non-ortho nitro benzene ring substituents is 1. The zero-order valence-electron chi connectivity index (χ0n) is 15.4. The standard InChI is InChI=1S/C23H17N3O3/c27-23(17-6-9-19(10-7-17)26(28)29)25-14-18-8-11-20(16-4-2-1-3-5-16)21-12-13-24-15-22(18)21/h1-13,15H,14H2,(H,25,27). The first-order valence-corrected chi connectivity index (χ1v) is 9.07. The van der Waals surface area contributed by atoms with E-state index in [4.69, 9.17) is 0 Å². The van der Waals surface area contributed by atoms with Crippen LogP contribution in [0.5, 0.6) is 0 Å². The second-order valence-electron chi connectivity index (χ2n) is 6.55. The van der Waals surface area contributed by atoms with E-state index in [1.165, 1.54) is 24.3 Å². The van der Waals surface area contributed by atoms with Crippen molar-refractivity contribution in [3.05, 3.63) is 106 Å². The topological polar surface area (TPSA) is 85.1 Å². The van der Waals surface area contributed by atoms with Gasteiger partial charge in [0.15, 0.2) is 0 Å². The Labute approximate surface area is 167 Å². The lowest BCUT2D eigenvalue weighted by Crippen LogP contribution is -2.22. The first-order valence-electron chi connectivity index (χ1n) is 9.07. The normalized spacial score (nSPS) is 10.6. The molecule has 6 nitrogen and oxygen atoms in total. The van der Waals surface area contributed by atoms with E-state index in [9.17, 15) is 14.9 Å². The van der Waals surface area contributed by atoms with Crippen molar-refractivity contribution in [2.75, 3.05) is 0 Å². The summed E-state index contributed by atoms with van der Waals surface area (Å²) in [5.41, 5.74) is 3.50. The minimum atomic E-state index is -0.491. The summed E-state index contributed by atoms with van der Waals surface area (Å²) in [6, 6.07) is 21.7. The van der Waals surface area contributed by atoms with Crippen LogP contribution in [0.2, 0.25) is 0 Å². The van der Waals surface area contributed by atoms with E-state index < -0.39 is 4.92 Å². The van der Waals surface area contributed by atoms with Gasteiger partial charge in [0.25, 0.3) is 11.6 Å². The molecule has 0 saturated carbocycles. The van der Waals surface area contributed by atoms with Gasteiger partial charge in [0.05, 0.1) is 4.92 Å². The third-order valence-electron chi connectivity index (χ3n) is 4.77. The Morgan fingerprint density at radius 1 is 0.931 bits per heavy atom. The third-order valence-corrected chi connectivity index (χ3v) is 4.77. The molecule has 0 radical (unpaired) electrons. The second kappa shape index (κ2) is 7.90. The molecule has 0 fully saturated rings. The molecule has 0 aliphatic heterocycles. The predicted octanol–water partition coefficient (Wildman–Crippen LogP) is 4.74. The number of rotatable bonds is 5. The number of carbonyl (C=O) groups excluding carboxylic acids is 1. The molecule has 1 aromatic heterocycles. The lowest BCUT2D eigenvalue weighted by molar-refractivity contribution is -0.384. The van der Waals surface area contributed by atoms with Gasteiger partial charge in [0.1, 0.15) is 0 Å². The van der Waals surface area contributed by atoms with Crippen LogP contribution >= 0.6 is 0 Å².